The Morgan fingerprint density at radius 1 is 1.29 bits per heavy atom. The van der Waals surface area contributed by atoms with Gasteiger partial charge in [-0.3, -0.25) is 4.79 Å². The largest absolute Gasteiger partial charge is 0.467 e. The number of aryl methyl sites for hydroxylation is 2. The maximum Gasteiger partial charge on any atom is 0.234 e. The Balaban J connectivity index is 1.81. The third-order valence-electron chi connectivity index (χ3n) is 3.51. The number of benzene rings is 1. The summed E-state index contributed by atoms with van der Waals surface area (Å²) in [6, 6.07) is 10.2. The van der Waals surface area contributed by atoms with Gasteiger partial charge in [-0.15, -0.1) is 0 Å². The first-order chi connectivity index (χ1) is 10.1. The van der Waals surface area contributed by atoms with E-state index in [1.165, 1.54) is 16.7 Å². The van der Waals surface area contributed by atoms with Crippen molar-refractivity contribution >= 4 is 5.91 Å². The predicted octanol–water partition coefficient (Wildman–Crippen LogP) is 2.86. The zero-order valence-electron chi connectivity index (χ0n) is 12.8. The molecule has 4 nitrogen and oxygen atoms in total. The molecular formula is C17H22N2O2. The first-order valence-electron chi connectivity index (χ1n) is 7.16. The summed E-state index contributed by atoms with van der Waals surface area (Å²) < 4.78 is 5.17. The van der Waals surface area contributed by atoms with Crippen LogP contribution in [0.2, 0.25) is 0 Å². The molecule has 2 aromatic rings. The second-order valence-electron chi connectivity index (χ2n) is 5.32. The van der Waals surface area contributed by atoms with Crippen molar-refractivity contribution in [3.8, 4) is 0 Å². The maximum atomic E-state index is 11.8. The monoisotopic (exact) mass is 286 g/mol. The summed E-state index contributed by atoms with van der Waals surface area (Å²) in [7, 11) is 0. The molecule has 0 fully saturated rings. The lowest BCUT2D eigenvalue weighted by Gasteiger charge is -2.17. The zero-order valence-corrected chi connectivity index (χ0v) is 12.8. The Morgan fingerprint density at radius 3 is 2.81 bits per heavy atom. The van der Waals surface area contributed by atoms with Crippen LogP contribution in [0.15, 0.2) is 41.0 Å². The third-order valence-corrected chi connectivity index (χ3v) is 3.51. The Kier molecular flexibility index (Phi) is 5.17. The summed E-state index contributed by atoms with van der Waals surface area (Å²) in [6.07, 6.45) is 1.60. The van der Waals surface area contributed by atoms with Gasteiger partial charge >= 0.3 is 0 Å². The van der Waals surface area contributed by atoms with Gasteiger partial charge in [0.2, 0.25) is 5.91 Å². The SMILES string of the molecule is Cc1ccc(C)c([C@@H](C)NCC(=O)NCc2ccco2)c1. The van der Waals surface area contributed by atoms with E-state index in [9.17, 15) is 4.79 Å². The van der Waals surface area contributed by atoms with E-state index in [2.05, 4.69) is 49.6 Å². The van der Waals surface area contributed by atoms with Gasteiger partial charge < -0.3 is 15.1 Å². The van der Waals surface area contributed by atoms with Crippen LogP contribution >= 0.6 is 0 Å². The molecule has 2 rings (SSSR count). The van der Waals surface area contributed by atoms with Crippen LogP contribution in [0.1, 0.15) is 35.4 Å². The van der Waals surface area contributed by atoms with Crippen LogP contribution in [-0.2, 0) is 11.3 Å². The molecule has 1 heterocycles. The van der Waals surface area contributed by atoms with E-state index in [1.54, 1.807) is 6.26 Å². The van der Waals surface area contributed by atoms with Crippen LogP contribution in [0.3, 0.4) is 0 Å². The van der Waals surface area contributed by atoms with E-state index in [1.807, 2.05) is 12.1 Å². The molecule has 1 amide bonds. The first kappa shape index (κ1) is 15.3. The fraction of sp³-hybridized carbons (Fsp3) is 0.353. The summed E-state index contributed by atoms with van der Waals surface area (Å²) >= 11 is 0. The standard InChI is InChI=1S/C17H22N2O2/c1-12-6-7-13(2)16(9-12)14(3)18-11-17(20)19-10-15-5-4-8-21-15/h4-9,14,18H,10-11H2,1-3H3,(H,19,20)/t14-/m1/s1. The molecule has 1 aromatic heterocycles. The minimum atomic E-state index is -0.0384. The highest BCUT2D eigenvalue weighted by Gasteiger charge is 2.10. The average molecular weight is 286 g/mol. The van der Waals surface area contributed by atoms with E-state index in [0.717, 1.165) is 5.76 Å². The molecule has 0 aliphatic heterocycles. The van der Waals surface area contributed by atoms with E-state index in [4.69, 9.17) is 4.42 Å². The van der Waals surface area contributed by atoms with Gasteiger partial charge in [0.05, 0.1) is 19.4 Å². The van der Waals surface area contributed by atoms with E-state index >= 15 is 0 Å². The van der Waals surface area contributed by atoms with Crippen LogP contribution in [-0.4, -0.2) is 12.5 Å². The molecule has 0 saturated heterocycles. The van der Waals surface area contributed by atoms with Gasteiger partial charge in [-0.05, 0) is 44.0 Å². The molecule has 0 spiro atoms. The van der Waals surface area contributed by atoms with Crippen molar-refractivity contribution in [1.82, 2.24) is 10.6 Å². The summed E-state index contributed by atoms with van der Waals surface area (Å²) in [5.74, 6) is 0.717. The lowest BCUT2D eigenvalue weighted by Crippen LogP contribution is -2.34. The lowest BCUT2D eigenvalue weighted by molar-refractivity contribution is -0.120. The molecular weight excluding hydrogens is 264 g/mol. The highest BCUT2D eigenvalue weighted by Crippen LogP contribution is 2.18. The number of carbonyl (C=O) groups excluding carboxylic acids is 1. The molecule has 1 atom stereocenters. The fourth-order valence-corrected chi connectivity index (χ4v) is 2.24. The van der Waals surface area contributed by atoms with Crippen LogP contribution in [0.5, 0.6) is 0 Å². The second-order valence-corrected chi connectivity index (χ2v) is 5.32. The molecule has 1 aromatic carbocycles. The van der Waals surface area contributed by atoms with Crippen molar-refractivity contribution in [3.05, 3.63) is 59.0 Å². The van der Waals surface area contributed by atoms with Crippen molar-refractivity contribution in [2.75, 3.05) is 6.54 Å². The predicted molar refractivity (Wildman–Crippen MR) is 82.9 cm³/mol. The summed E-state index contributed by atoms with van der Waals surface area (Å²) in [5, 5.41) is 6.08. The highest BCUT2D eigenvalue weighted by atomic mass is 16.3. The quantitative estimate of drug-likeness (QED) is 0.858. The Hall–Kier alpha value is -2.07. The summed E-state index contributed by atoms with van der Waals surface area (Å²) in [4.78, 5) is 11.8. The fourth-order valence-electron chi connectivity index (χ4n) is 2.24. The van der Waals surface area contributed by atoms with E-state index in [-0.39, 0.29) is 18.5 Å². The molecule has 4 heteroatoms. The maximum absolute atomic E-state index is 11.8. The zero-order chi connectivity index (χ0) is 15.2. The molecule has 0 bridgehead atoms. The molecule has 0 saturated carbocycles. The Labute approximate surface area is 125 Å². The Morgan fingerprint density at radius 2 is 2.10 bits per heavy atom. The van der Waals surface area contributed by atoms with Crippen LogP contribution in [0.25, 0.3) is 0 Å². The summed E-state index contributed by atoms with van der Waals surface area (Å²) in [5.41, 5.74) is 3.69. The normalized spacial score (nSPS) is 12.1. The topological polar surface area (TPSA) is 54.3 Å². The van der Waals surface area contributed by atoms with Gasteiger partial charge in [-0.25, -0.2) is 0 Å². The number of carbonyl (C=O) groups is 1. The van der Waals surface area contributed by atoms with Crippen molar-refractivity contribution in [2.24, 2.45) is 0 Å². The molecule has 112 valence electrons. The molecule has 0 aliphatic carbocycles. The van der Waals surface area contributed by atoms with Crippen molar-refractivity contribution in [3.63, 3.8) is 0 Å². The molecule has 21 heavy (non-hydrogen) atoms. The highest BCUT2D eigenvalue weighted by molar-refractivity contribution is 5.77. The third kappa shape index (κ3) is 4.46. The minimum Gasteiger partial charge on any atom is -0.467 e. The number of hydrogen-bond acceptors (Lipinski definition) is 3. The minimum absolute atomic E-state index is 0.0384. The number of amides is 1. The van der Waals surface area contributed by atoms with Gasteiger partial charge in [0.25, 0.3) is 0 Å². The molecule has 2 N–H and O–H groups in total. The van der Waals surface area contributed by atoms with Crippen molar-refractivity contribution < 1.29 is 9.21 Å². The van der Waals surface area contributed by atoms with Gasteiger partial charge in [-0.2, -0.15) is 0 Å². The van der Waals surface area contributed by atoms with Crippen LogP contribution in [0.4, 0.5) is 0 Å². The van der Waals surface area contributed by atoms with Gasteiger partial charge in [-0.1, -0.05) is 23.8 Å². The lowest BCUT2D eigenvalue weighted by atomic mass is 10.00. The number of nitrogens with one attached hydrogen (secondary N) is 2. The van der Waals surface area contributed by atoms with Gasteiger partial charge in [0, 0.05) is 6.04 Å². The van der Waals surface area contributed by atoms with Gasteiger partial charge in [0.1, 0.15) is 5.76 Å². The van der Waals surface area contributed by atoms with Crippen LogP contribution in [0, 0.1) is 13.8 Å². The summed E-state index contributed by atoms with van der Waals surface area (Å²) in [6.45, 7) is 6.94. The molecule has 0 radical (unpaired) electrons. The Bertz CT molecular complexity index is 591. The molecule has 0 aliphatic rings. The number of rotatable bonds is 6. The first-order valence-corrected chi connectivity index (χ1v) is 7.16. The second kappa shape index (κ2) is 7.09. The average Bonchev–Trinajstić information content (AvgIpc) is 2.98. The van der Waals surface area contributed by atoms with Crippen molar-refractivity contribution in [1.29, 1.82) is 0 Å². The van der Waals surface area contributed by atoms with E-state index < -0.39 is 0 Å². The van der Waals surface area contributed by atoms with Crippen LogP contribution < -0.4 is 10.6 Å². The van der Waals surface area contributed by atoms with Crippen molar-refractivity contribution in [2.45, 2.75) is 33.4 Å². The number of furan rings is 1. The molecule has 0 unspecified atom stereocenters. The van der Waals surface area contributed by atoms with E-state index in [0.29, 0.717) is 6.54 Å². The smallest absolute Gasteiger partial charge is 0.234 e. The van der Waals surface area contributed by atoms with Gasteiger partial charge in [0.15, 0.2) is 0 Å². The number of hydrogen-bond donors (Lipinski definition) is 2.